The summed E-state index contributed by atoms with van der Waals surface area (Å²) in [7, 11) is 0. The fourth-order valence-corrected chi connectivity index (χ4v) is 1.72. The van der Waals surface area contributed by atoms with E-state index in [2.05, 4.69) is 16.8 Å². The molecule has 0 aliphatic rings. The molecule has 0 bridgehead atoms. The van der Waals surface area contributed by atoms with Crippen LogP contribution in [0.2, 0.25) is 0 Å². The summed E-state index contributed by atoms with van der Waals surface area (Å²) in [6, 6.07) is 3.86. The molecule has 0 saturated carbocycles. The molecule has 1 aromatic rings. The molecule has 0 fully saturated rings. The Balaban J connectivity index is 2.83. The topological polar surface area (TPSA) is 51.4 Å². The molecular weight excluding hydrogens is 214 g/mol. The van der Waals surface area contributed by atoms with Crippen molar-refractivity contribution in [1.29, 1.82) is 0 Å². The Kier molecular flexibility index (Phi) is 6.40. The summed E-state index contributed by atoms with van der Waals surface area (Å²) in [6.07, 6.45) is 4.10. The first-order valence-electron chi connectivity index (χ1n) is 6.36. The first-order chi connectivity index (χ1) is 8.33. The van der Waals surface area contributed by atoms with Gasteiger partial charge >= 0.3 is 0 Å². The molecule has 0 amide bonds. The van der Waals surface area contributed by atoms with Crippen LogP contribution in [-0.4, -0.2) is 31.2 Å². The summed E-state index contributed by atoms with van der Waals surface area (Å²) in [4.78, 5) is 6.62. The molecule has 17 heavy (non-hydrogen) atoms. The van der Waals surface area contributed by atoms with Gasteiger partial charge < -0.3 is 15.4 Å². The van der Waals surface area contributed by atoms with Gasteiger partial charge in [0.25, 0.3) is 0 Å². The third kappa shape index (κ3) is 4.23. The van der Waals surface area contributed by atoms with Crippen molar-refractivity contribution in [3.63, 3.8) is 0 Å². The van der Waals surface area contributed by atoms with E-state index < -0.39 is 0 Å². The van der Waals surface area contributed by atoms with E-state index in [1.807, 2.05) is 19.1 Å². The highest BCUT2D eigenvalue weighted by molar-refractivity contribution is 5.52. The molecule has 1 aromatic heterocycles. The summed E-state index contributed by atoms with van der Waals surface area (Å²) in [6.45, 7) is 7.25. The number of aromatic nitrogens is 1. The highest BCUT2D eigenvalue weighted by atomic mass is 16.5. The zero-order valence-electron chi connectivity index (χ0n) is 10.9. The monoisotopic (exact) mass is 237 g/mol. The first-order valence-corrected chi connectivity index (χ1v) is 6.36. The molecule has 0 aromatic carbocycles. The number of unbranched alkanes of at least 4 members (excludes halogenated alkanes) is 1. The number of hydrogen-bond acceptors (Lipinski definition) is 4. The summed E-state index contributed by atoms with van der Waals surface area (Å²) in [5.41, 5.74) is 5.65. The zero-order valence-corrected chi connectivity index (χ0v) is 10.9. The second kappa shape index (κ2) is 7.90. The summed E-state index contributed by atoms with van der Waals surface area (Å²) in [5, 5.41) is 0. The van der Waals surface area contributed by atoms with E-state index in [9.17, 15) is 0 Å². The lowest BCUT2D eigenvalue weighted by atomic mass is 10.3. The van der Waals surface area contributed by atoms with Crippen LogP contribution in [0.4, 0.5) is 5.82 Å². The maximum absolute atomic E-state index is 5.65. The third-order valence-electron chi connectivity index (χ3n) is 2.53. The molecule has 1 heterocycles. The molecule has 0 saturated heterocycles. The Bertz CT molecular complexity index is 317. The lowest BCUT2D eigenvalue weighted by Gasteiger charge is -2.24. The highest BCUT2D eigenvalue weighted by Gasteiger charge is 2.12. The smallest absolute Gasteiger partial charge is 0.171 e. The van der Waals surface area contributed by atoms with Gasteiger partial charge in [-0.05, 0) is 25.5 Å². The number of pyridine rings is 1. The lowest BCUT2D eigenvalue weighted by Crippen LogP contribution is -2.31. The second-order valence-corrected chi connectivity index (χ2v) is 3.89. The Hall–Kier alpha value is -1.29. The van der Waals surface area contributed by atoms with E-state index in [0.717, 1.165) is 37.5 Å². The largest absolute Gasteiger partial charge is 0.490 e. The second-order valence-electron chi connectivity index (χ2n) is 3.89. The average molecular weight is 237 g/mol. The first kappa shape index (κ1) is 13.8. The Morgan fingerprint density at radius 3 is 2.82 bits per heavy atom. The van der Waals surface area contributed by atoms with Crippen LogP contribution < -0.4 is 15.4 Å². The maximum Gasteiger partial charge on any atom is 0.171 e. The van der Waals surface area contributed by atoms with E-state index in [-0.39, 0.29) is 0 Å². The SMILES string of the molecule is CCCCN(CCN)c1ncccc1OCC. The normalized spacial score (nSPS) is 10.3. The Morgan fingerprint density at radius 2 is 2.18 bits per heavy atom. The van der Waals surface area contributed by atoms with Gasteiger partial charge in [0, 0.05) is 25.8 Å². The van der Waals surface area contributed by atoms with Crippen LogP contribution in [0.15, 0.2) is 18.3 Å². The summed E-state index contributed by atoms with van der Waals surface area (Å²) >= 11 is 0. The molecular formula is C13H23N3O. The maximum atomic E-state index is 5.65. The molecule has 4 heteroatoms. The Labute approximate surface area is 104 Å². The van der Waals surface area contributed by atoms with Crippen LogP contribution in [0, 0.1) is 0 Å². The van der Waals surface area contributed by atoms with E-state index in [1.165, 1.54) is 0 Å². The molecule has 0 unspecified atom stereocenters. The number of hydrogen-bond donors (Lipinski definition) is 1. The standard InChI is InChI=1S/C13H23N3O/c1-3-5-10-16(11-8-14)13-12(17-4-2)7-6-9-15-13/h6-7,9H,3-5,8,10-11,14H2,1-2H3. The molecule has 0 aliphatic carbocycles. The number of ether oxygens (including phenoxy) is 1. The lowest BCUT2D eigenvalue weighted by molar-refractivity contribution is 0.339. The highest BCUT2D eigenvalue weighted by Crippen LogP contribution is 2.25. The molecule has 0 atom stereocenters. The van der Waals surface area contributed by atoms with Gasteiger partial charge in [-0.15, -0.1) is 0 Å². The van der Waals surface area contributed by atoms with Crippen LogP contribution in [0.5, 0.6) is 5.75 Å². The van der Waals surface area contributed by atoms with Gasteiger partial charge in [-0.3, -0.25) is 0 Å². The van der Waals surface area contributed by atoms with Crippen molar-refractivity contribution < 1.29 is 4.74 Å². The van der Waals surface area contributed by atoms with Crippen molar-refractivity contribution in [2.75, 3.05) is 31.1 Å². The van der Waals surface area contributed by atoms with Gasteiger partial charge in [0.05, 0.1) is 6.61 Å². The molecule has 2 N–H and O–H groups in total. The van der Waals surface area contributed by atoms with Crippen molar-refractivity contribution >= 4 is 5.82 Å². The molecule has 1 rings (SSSR count). The molecule has 0 spiro atoms. The average Bonchev–Trinajstić information content (AvgIpc) is 2.36. The molecule has 96 valence electrons. The van der Waals surface area contributed by atoms with Crippen molar-refractivity contribution in [1.82, 2.24) is 4.98 Å². The summed E-state index contributed by atoms with van der Waals surface area (Å²) < 4.78 is 5.60. The fourth-order valence-electron chi connectivity index (χ4n) is 1.72. The van der Waals surface area contributed by atoms with Crippen LogP contribution >= 0.6 is 0 Å². The molecule has 0 aliphatic heterocycles. The van der Waals surface area contributed by atoms with Crippen LogP contribution in [0.1, 0.15) is 26.7 Å². The predicted molar refractivity (Wildman–Crippen MR) is 71.6 cm³/mol. The van der Waals surface area contributed by atoms with E-state index in [4.69, 9.17) is 10.5 Å². The Morgan fingerprint density at radius 1 is 1.35 bits per heavy atom. The summed E-state index contributed by atoms with van der Waals surface area (Å²) in [5.74, 6) is 1.76. The number of nitrogens with zero attached hydrogens (tertiary/aromatic N) is 2. The quantitative estimate of drug-likeness (QED) is 0.752. The van der Waals surface area contributed by atoms with E-state index in [1.54, 1.807) is 6.20 Å². The van der Waals surface area contributed by atoms with Gasteiger partial charge in [0.1, 0.15) is 0 Å². The fraction of sp³-hybridized carbons (Fsp3) is 0.615. The van der Waals surface area contributed by atoms with Crippen molar-refractivity contribution in [3.8, 4) is 5.75 Å². The van der Waals surface area contributed by atoms with Gasteiger partial charge in [-0.1, -0.05) is 13.3 Å². The van der Waals surface area contributed by atoms with Crippen LogP contribution in [-0.2, 0) is 0 Å². The third-order valence-corrected chi connectivity index (χ3v) is 2.53. The minimum Gasteiger partial charge on any atom is -0.490 e. The van der Waals surface area contributed by atoms with Gasteiger partial charge in [0.2, 0.25) is 0 Å². The van der Waals surface area contributed by atoms with E-state index >= 15 is 0 Å². The molecule has 4 nitrogen and oxygen atoms in total. The zero-order chi connectivity index (χ0) is 12.5. The van der Waals surface area contributed by atoms with Gasteiger partial charge in [-0.25, -0.2) is 4.98 Å². The minimum atomic E-state index is 0.631. The van der Waals surface area contributed by atoms with Crippen LogP contribution in [0.3, 0.4) is 0 Å². The van der Waals surface area contributed by atoms with Gasteiger partial charge in [0.15, 0.2) is 11.6 Å². The minimum absolute atomic E-state index is 0.631. The van der Waals surface area contributed by atoms with Gasteiger partial charge in [-0.2, -0.15) is 0 Å². The van der Waals surface area contributed by atoms with Crippen LogP contribution in [0.25, 0.3) is 0 Å². The van der Waals surface area contributed by atoms with E-state index in [0.29, 0.717) is 13.2 Å². The molecule has 0 radical (unpaired) electrons. The van der Waals surface area contributed by atoms with Crippen molar-refractivity contribution in [3.05, 3.63) is 18.3 Å². The predicted octanol–water partition coefficient (Wildman–Crippen LogP) is 2.05. The number of nitrogens with two attached hydrogens (primary N) is 1. The van der Waals surface area contributed by atoms with Crippen molar-refractivity contribution in [2.45, 2.75) is 26.7 Å². The number of anilines is 1. The number of rotatable bonds is 8. The van der Waals surface area contributed by atoms with Crippen molar-refractivity contribution in [2.24, 2.45) is 5.73 Å².